The van der Waals surface area contributed by atoms with Crippen molar-refractivity contribution in [3.8, 4) is 0 Å². The molecule has 0 heterocycles. The number of nitrogens with two attached hydrogens (primary N) is 2. The van der Waals surface area contributed by atoms with Crippen molar-refractivity contribution in [2.24, 2.45) is 11.5 Å². The van der Waals surface area contributed by atoms with Crippen LogP contribution >= 0.6 is 0 Å². The smallest absolute Gasteiger partial charge is 0.243 e. The standard InChI is InChI=1S/C18H35N5O5/c1-2-15(25)21-11-6-4-8-14(22-16(26)9-12-24)18(28)23-13(17(20)27)7-3-5-10-19/h13-14,24H,2-12,19H2,1H3,(H2,20,27)(H,21,25)(H,22,26)(H,23,28). The van der Waals surface area contributed by atoms with E-state index in [0.29, 0.717) is 58.0 Å². The van der Waals surface area contributed by atoms with E-state index < -0.39 is 29.8 Å². The highest BCUT2D eigenvalue weighted by molar-refractivity contribution is 5.91. The molecule has 0 aromatic carbocycles. The minimum Gasteiger partial charge on any atom is -0.396 e. The summed E-state index contributed by atoms with van der Waals surface area (Å²) in [6, 6.07) is -1.68. The van der Waals surface area contributed by atoms with Crippen LogP contribution in [-0.2, 0) is 19.2 Å². The van der Waals surface area contributed by atoms with E-state index in [0.717, 1.165) is 0 Å². The van der Waals surface area contributed by atoms with Crippen LogP contribution < -0.4 is 27.4 Å². The minimum atomic E-state index is -0.850. The topological polar surface area (TPSA) is 177 Å². The Labute approximate surface area is 166 Å². The molecule has 0 saturated heterocycles. The molecule has 0 aromatic rings. The van der Waals surface area contributed by atoms with Crippen LogP contribution in [0.15, 0.2) is 0 Å². The summed E-state index contributed by atoms with van der Waals surface area (Å²) in [5.74, 6) is -1.65. The summed E-state index contributed by atoms with van der Waals surface area (Å²) >= 11 is 0. The molecule has 10 nitrogen and oxygen atoms in total. The van der Waals surface area contributed by atoms with Gasteiger partial charge in [-0.2, -0.15) is 0 Å². The molecule has 2 atom stereocenters. The monoisotopic (exact) mass is 401 g/mol. The Hall–Kier alpha value is -2.20. The molecule has 8 N–H and O–H groups in total. The molecule has 0 rings (SSSR count). The van der Waals surface area contributed by atoms with E-state index in [-0.39, 0.29) is 18.9 Å². The highest BCUT2D eigenvalue weighted by Crippen LogP contribution is 2.05. The van der Waals surface area contributed by atoms with E-state index in [1.165, 1.54) is 0 Å². The third-order valence-corrected chi connectivity index (χ3v) is 4.16. The number of amides is 4. The highest BCUT2D eigenvalue weighted by Gasteiger charge is 2.25. The number of hydrogen-bond donors (Lipinski definition) is 6. The number of aliphatic hydroxyl groups excluding tert-OH is 1. The largest absolute Gasteiger partial charge is 0.396 e. The number of rotatable bonds is 16. The second-order valence-electron chi connectivity index (χ2n) is 6.54. The van der Waals surface area contributed by atoms with Gasteiger partial charge in [0.15, 0.2) is 0 Å². The van der Waals surface area contributed by atoms with Gasteiger partial charge in [0.2, 0.25) is 23.6 Å². The molecule has 0 spiro atoms. The maximum Gasteiger partial charge on any atom is 0.243 e. The third-order valence-electron chi connectivity index (χ3n) is 4.16. The van der Waals surface area contributed by atoms with Gasteiger partial charge < -0.3 is 32.5 Å². The lowest BCUT2D eigenvalue weighted by atomic mass is 10.1. The van der Waals surface area contributed by atoms with Crippen molar-refractivity contribution in [2.75, 3.05) is 19.7 Å². The van der Waals surface area contributed by atoms with Gasteiger partial charge in [-0.25, -0.2) is 0 Å². The van der Waals surface area contributed by atoms with Crippen LogP contribution in [0.1, 0.15) is 58.3 Å². The van der Waals surface area contributed by atoms with Crippen molar-refractivity contribution >= 4 is 23.6 Å². The van der Waals surface area contributed by atoms with Gasteiger partial charge in [0.05, 0.1) is 6.61 Å². The number of aliphatic hydroxyl groups is 1. The van der Waals surface area contributed by atoms with Gasteiger partial charge in [0.1, 0.15) is 12.1 Å². The molecule has 0 bridgehead atoms. The Kier molecular flexibility index (Phi) is 14.6. The normalized spacial score (nSPS) is 12.7. The van der Waals surface area contributed by atoms with Gasteiger partial charge in [-0.1, -0.05) is 6.92 Å². The fourth-order valence-electron chi connectivity index (χ4n) is 2.51. The van der Waals surface area contributed by atoms with Gasteiger partial charge in [-0.05, 0) is 45.1 Å². The van der Waals surface area contributed by atoms with Gasteiger partial charge in [0.25, 0.3) is 0 Å². The predicted octanol–water partition coefficient (Wildman–Crippen LogP) is -1.35. The summed E-state index contributed by atoms with van der Waals surface area (Å²) in [5.41, 5.74) is 10.8. The Balaban J connectivity index is 4.72. The number of unbranched alkanes of at least 4 members (excludes halogenated alkanes) is 2. The molecular weight excluding hydrogens is 366 g/mol. The molecule has 28 heavy (non-hydrogen) atoms. The van der Waals surface area contributed by atoms with Crippen LogP contribution in [0.4, 0.5) is 0 Å². The molecule has 10 heteroatoms. The number of primary amides is 1. The second kappa shape index (κ2) is 15.8. The molecule has 0 saturated carbocycles. The summed E-state index contributed by atoms with van der Waals surface area (Å²) in [7, 11) is 0. The molecular formula is C18H35N5O5. The van der Waals surface area contributed by atoms with Crippen LogP contribution in [0.2, 0.25) is 0 Å². The predicted molar refractivity (Wildman–Crippen MR) is 105 cm³/mol. The third kappa shape index (κ3) is 12.2. The van der Waals surface area contributed by atoms with Crippen LogP contribution in [0, 0.1) is 0 Å². The fraction of sp³-hybridized carbons (Fsp3) is 0.778. The average molecular weight is 402 g/mol. The molecule has 0 aliphatic heterocycles. The van der Waals surface area contributed by atoms with E-state index in [9.17, 15) is 19.2 Å². The zero-order valence-corrected chi connectivity index (χ0v) is 16.7. The molecule has 0 radical (unpaired) electrons. The maximum atomic E-state index is 12.6. The minimum absolute atomic E-state index is 0.0488. The van der Waals surface area contributed by atoms with Gasteiger partial charge in [-0.15, -0.1) is 0 Å². The first-order chi connectivity index (χ1) is 13.3. The maximum absolute atomic E-state index is 12.6. The van der Waals surface area contributed by atoms with Crippen LogP contribution in [-0.4, -0.2) is 60.5 Å². The zero-order chi connectivity index (χ0) is 21.4. The molecule has 162 valence electrons. The van der Waals surface area contributed by atoms with Crippen molar-refractivity contribution in [1.29, 1.82) is 0 Å². The molecule has 0 aromatic heterocycles. The van der Waals surface area contributed by atoms with Crippen molar-refractivity contribution in [3.05, 3.63) is 0 Å². The number of carbonyl (C=O) groups is 4. The van der Waals surface area contributed by atoms with E-state index in [2.05, 4.69) is 16.0 Å². The first-order valence-corrected chi connectivity index (χ1v) is 9.82. The average Bonchev–Trinajstić information content (AvgIpc) is 2.65. The van der Waals surface area contributed by atoms with Crippen LogP contribution in [0.25, 0.3) is 0 Å². The first kappa shape index (κ1) is 25.8. The second-order valence-corrected chi connectivity index (χ2v) is 6.54. The SMILES string of the molecule is CCC(=O)NCCCCC(NC(=O)CCO)C(=O)NC(CCCCN)C(N)=O. The van der Waals surface area contributed by atoms with Crippen LogP contribution in [0.5, 0.6) is 0 Å². The Morgan fingerprint density at radius 1 is 0.929 bits per heavy atom. The van der Waals surface area contributed by atoms with E-state index in [4.69, 9.17) is 16.6 Å². The van der Waals surface area contributed by atoms with Gasteiger partial charge in [-0.3, -0.25) is 19.2 Å². The Bertz CT molecular complexity index is 501. The first-order valence-electron chi connectivity index (χ1n) is 9.82. The van der Waals surface area contributed by atoms with E-state index in [1.54, 1.807) is 6.92 Å². The quantitative estimate of drug-likeness (QED) is 0.174. The van der Waals surface area contributed by atoms with Crippen molar-refractivity contribution in [1.82, 2.24) is 16.0 Å². The lowest BCUT2D eigenvalue weighted by molar-refractivity contribution is -0.131. The van der Waals surface area contributed by atoms with Crippen molar-refractivity contribution in [2.45, 2.75) is 70.4 Å². The molecule has 4 amide bonds. The molecule has 0 aliphatic carbocycles. The van der Waals surface area contributed by atoms with Crippen molar-refractivity contribution < 1.29 is 24.3 Å². The Morgan fingerprint density at radius 2 is 1.57 bits per heavy atom. The molecule has 0 aliphatic rings. The summed E-state index contributed by atoms with van der Waals surface area (Å²) in [6.07, 6.45) is 3.56. The lowest BCUT2D eigenvalue weighted by Crippen LogP contribution is -2.53. The van der Waals surface area contributed by atoms with E-state index >= 15 is 0 Å². The molecule has 0 fully saturated rings. The highest BCUT2D eigenvalue weighted by atomic mass is 16.3. The number of hydrogen-bond acceptors (Lipinski definition) is 6. The summed E-state index contributed by atoms with van der Waals surface area (Å²) in [6.45, 7) is 2.39. The van der Waals surface area contributed by atoms with Crippen LogP contribution in [0.3, 0.4) is 0 Å². The summed E-state index contributed by atoms with van der Waals surface area (Å²) in [5, 5.41) is 16.8. The van der Waals surface area contributed by atoms with Gasteiger partial charge >= 0.3 is 0 Å². The molecule has 2 unspecified atom stereocenters. The lowest BCUT2D eigenvalue weighted by Gasteiger charge is -2.22. The summed E-state index contributed by atoms with van der Waals surface area (Å²) < 4.78 is 0. The summed E-state index contributed by atoms with van der Waals surface area (Å²) in [4.78, 5) is 47.2. The zero-order valence-electron chi connectivity index (χ0n) is 16.7. The van der Waals surface area contributed by atoms with Gasteiger partial charge in [0, 0.05) is 19.4 Å². The fourth-order valence-corrected chi connectivity index (χ4v) is 2.51. The Morgan fingerprint density at radius 3 is 2.14 bits per heavy atom. The van der Waals surface area contributed by atoms with Crippen molar-refractivity contribution in [3.63, 3.8) is 0 Å². The van der Waals surface area contributed by atoms with E-state index in [1.807, 2.05) is 0 Å². The number of nitrogens with one attached hydrogen (secondary N) is 3. The number of carbonyl (C=O) groups excluding carboxylic acids is 4.